The lowest BCUT2D eigenvalue weighted by Gasteiger charge is -2.27. The molecule has 0 aliphatic heterocycles. The number of nitrogens with zero attached hydrogens (tertiary/aromatic N) is 1. The van der Waals surface area contributed by atoms with Gasteiger partial charge in [-0.3, -0.25) is 4.99 Å². The molecule has 27 heavy (non-hydrogen) atoms. The fourth-order valence-electron chi connectivity index (χ4n) is 3.80. The molecule has 0 atom stereocenters. The topological polar surface area (TPSA) is 72.4 Å². The van der Waals surface area contributed by atoms with E-state index in [1.54, 1.807) is 0 Å². The van der Waals surface area contributed by atoms with E-state index in [9.17, 15) is 5.11 Å². The van der Waals surface area contributed by atoms with Gasteiger partial charge in [0.1, 0.15) is 0 Å². The number of para-hydroxylation sites is 1. The van der Waals surface area contributed by atoms with Gasteiger partial charge in [0.2, 0.25) is 0 Å². The smallest absolute Gasteiger partial charge is 0.191 e. The number of aliphatic hydroxyl groups is 1. The number of nitrogens with one attached hydrogen (secondary N) is 3. The van der Waals surface area contributed by atoms with Crippen molar-refractivity contribution in [3.8, 4) is 0 Å². The zero-order chi connectivity index (χ0) is 18.4. The van der Waals surface area contributed by atoms with Crippen molar-refractivity contribution in [1.82, 2.24) is 15.6 Å². The molecule has 1 aromatic carbocycles. The van der Waals surface area contributed by atoms with Crippen LogP contribution in [0.15, 0.2) is 29.4 Å². The lowest BCUT2D eigenvalue weighted by molar-refractivity contribution is 0.120. The number of benzene rings is 1. The van der Waals surface area contributed by atoms with Gasteiger partial charge in [-0.25, -0.2) is 0 Å². The van der Waals surface area contributed by atoms with Crippen LogP contribution in [0.2, 0.25) is 0 Å². The molecule has 1 aliphatic rings. The summed E-state index contributed by atoms with van der Waals surface area (Å²) in [5, 5.41) is 17.9. The number of aromatic nitrogens is 1. The zero-order valence-electron chi connectivity index (χ0n) is 16.4. The number of halogens is 1. The van der Waals surface area contributed by atoms with E-state index >= 15 is 0 Å². The molecular formula is C21H33IN4O. The van der Waals surface area contributed by atoms with Crippen molar-refractivity contribution in [3.63, 3.8) is 0 Å². The summed E-state index contributed by atoms with van der Waals surface area (Å²) in [6, 6.07) is 6.94. The summed E-state index contributed by atoms with van der Waals surface area (Å²) in [6.45, 7) is 5.90. The Balaban J connectivity index is 0.00000261. The van der Waals surface area contributed by atoms with Crippen LogP contribution in [0.5, 0.6) is 0 Å². The highest BCUT2D eigenvalue weighted by atomic mass is 127. The Kier molecular flexibility index (Phi) is 8.89. The molecule has 1 aliphatic carbocycles. The lowest BCUT2D eigenvalue weighted by Crippen LogP contribution is -2.45. The van der Waals surface area contributed by atoms with E-state index in [2.05, 4.69) is 53.9 Å². The summed E-state index contributed by atoms with van der Waals surface area (Å²) in [5.74, 6) is 0.892. The Morgan fingerprint density at radius 1 is 1.19 bits per heavy atom. The number of rotatable bonds is 6. The molecule has 1 aromatic heterocycles. The average Bonchev–Trinajstić information content (AvgIpc) is 3.07. The summed E-state index contributed by atoms with van der Waals surface area (Å²) in [4.78, 5) is 8.21. The molecule has 0 bridgehead atoms. The number of aliphatic imine (C=N–C) groups is 1. The molecule has 5 nitrogen and oxygen atoms in total. The molecule has 2 aromatic rings. The molecule has 1 saturated carbocycles. The van der Waals surface area contributed by atoms with Crippen LogP contribution in [0.1, 0.15) is 50.7 Å². The molecule has 0 radical (unpaired) electrons. The van der Waals surface area contributed by atoms with Gasteiger partial charge < -0.3 is 20.7 Å². The predicted molar refractivity (Wildman–Crippen MR) is 124 cm³/mol. The minimum Gasteiger partial charge on any atom is -0.393 e. The van der Waals surface area contributed by atoms with Gasteiger partial charge >= 0.3 is 0 Å². The van der Waals surface area contributed by atoms with Crippen LogP contribution in [0, 0.1) is 0 Å². The van der Waals surface area contributed by atoms with Crippen LogP contribution in [-0.2, 0) is 12.8 Å². The first-order valence-electron chi connectivity index (χ1n) is 10.0. The third-order valence-corrected chi connectivity index (χ3v) is 5.30. The van der Waals surface area contributed by atoms with Crippen LogP contribution in [0.4, 0.5) is 0 Å². The van der Waals surface area contributed by atoms with Gasteiger partial charge in [-0.15, -0.1) is 24.0 Å². The van der Waals surface area contributed by atoms with Crippen LogP contribution in [0.3, 0.4) is 0 Å². The van der Waals surface area contributed by atoms with Crippen molar-refractivity contribution in [1.29, 1.82) is 0 Å². The highest BCUT2D eigenvalue weighted by molar-refractivity contribution is 14.0. The van der Waals surface area contributed by atoms with Gasteiger partial charge in [0.15, 0.2) is 5.96 Å². The normalized spacial score (nSPS) is 20.3. The van der Waals surface area contributed by atoms with E-state index in [1.807, 2.05) is 0 Å². The molecule has 6 heteroatoms. The quantitative estimate of drug-likeness (QED) is 0.287. The largest absolute Gasteiger partial charge is 0.393 e. The molecule has 3 rings (SSSR count). The second-order valence-corrected chi connectivity index (χ2v) is 7.17. The molecule has 0 spiro atoms. The first-order valence-corrected chi connectivity index (χ1v) is 10.0. The maximum absolute atomic E-state index is 9.66. The van der Waals surface area contributed by atoms with Crippen molar-refractivity contribution < 1.29 is 5.11 Å². The number of guanidine groups is 1. The van der Waals surface area contributed by atoms with E-state index in [4.69, 9.17) is 4.99 Å². The zero-order valence-corrected chi connectivity index (χ0v) is 18.8. The maximum atomic E-state index is 9.66. The molecule has 0 unspecified atom stereocenters. The van der Waals surface area contributed by atoms with E-state index in [-0.39, 0.29) is 30.1 Å². The predicted octanol–water partition coefficient (Wildman–Crippen LogP) is 3.75. The third-order valence-electron chi connectivity index (χ3n) is 5.30. The van der Waals surface area contributed by atoms with E-state index < -0.39 is 0 Å². The minimum absolute atomic E-state index is 0. The maximum Gasteiger partial charge on any atom is 0.191 e. The van der Waals surface area contributed by atoms with Gasteiger partial charge in [-0.2, -0.15) is 0 Å². The Bertz CT molecular complexity index is 735. The number of aromatic amines is 1. The Morgan fingerprint density at radius 2 is 1.96 bits per heavy atom. The fourth-order valence-corrected chi connectivity index (χ4v) is 3.80. The molecule has 150 valence electrons. The molecule has 0 saturated heterocycles. The molecule has 4 N–H and O–H groups in total. The van der Waals surface area contributed by atoms with E-state index in [0.717, 1.165) is 57.6 Å². The van der Waals surface area contributed by atoms with Crippen molar-refractivity contribution in [2.45, 2.75) is 64.5 Å². The Labute approximate surface area is 179 Å². The van der Waals surface area contributed by atoms with Crippen LogP contribution in [-0.4, -0.2) is 41.3 Å². The SMILES string of the molecule is CCNC(=NCCc1c[nH]c2c(CC)cccc12)NC1CCC(O)CC1.I. The standard InChI is InChI=1S/C21H32N4O.HI/c1-3-15-6-5-7-19-16(14-24-20(15)19)12-13-23-21(22-4-2)25-17-8-10-18(26)11-9-17;/h5-7,14,17-18,24,26H,3-4,8-13H2,1-2H3,(H2,22,23,25);1H. The summed E-state index contributed by atoms with van der Waals surface area (Å²) in [5.41, 5.74) is 3.96. The highest BCUT2D eigenvalue weighted by Gasteiger charge is 2.19. The van der Waals surface area contributed by atoms with E-state index in [1.165, 1.54) is 22.0 Å². The molecule has 1 fully saturated rings. The Hall–Kier alpha value is -1.28. The summed E-state index contributed by atoms with van der Waals surface area (Å²) in [6.07, 6.45) is 7.75. The average molecular weight is 484 g/mol. The first kappa shape index (κ1) is 22.0. The summed E-state index contributed by atoms with van der Waals surface area (Å²) >= 11 is 0. The number of fused-ring (bicyclic) bond motifs is 1. The number of aliphatic hydroxyl groups excluding tert-OH is 1. The highest BCUT2D eigenvalue weighted by Crippen LogP contribution is 2.22. The summed E-state index contributed by atoms with van der Waals surface area (Å²) < 4.78 is 0. The summed E-state index contributed by atoms with van der Waals surface area (Å²) in [7, 11) is 0. The van der Waals surface area contributed by atoms with Gasteiger partial charge in [0.05, 0.1) is 6.10 Å². The monoisotopic (exact) mass is 484 g/mol. The van der Waals surface area contributed by atoms with Crippen molar-refractivity contribution >= 4 is 40.8 Å². The lowest BCUT2D eigenvalue weighted by atomic mass is 9.93. The number of aryl methyl sites for hydroxylation is 1. The second kappa shape index (κ2) is 10.9. The van der Waals surface area contributed by atoms with Crippen molar-refractivity contribution in [3.05, 3.63) is 35.5 Å². The van der Waals surface area contributed by atoms with Crippen molar-refractivity contribution in [2.24, 2.45) is 4.99 Å². The van der Waals surface area contributed by atoms with Crippen LogP contribution in [0.25, 0.3) is 10.9 Å². The van der Waals surface area contributed by atoms with Gasteiger partial charge in [-0.05, 0) is 56.6 Å². The number of hydrogen-bond acceptors (Lipinski definition) is 2. The Morgan fingerprint density at radius 3 is 2.67 bits per heavy atom. The van der Waals surface area contributed by atoms with Crippen LogP contribution >= 0.6 is 24.0 Å². The van der Waals surface area contributed by atoms with Crippen molar-refractivity contribution in [2.75, 3.05) is 13.1 Å². The van der Waals surface area contributed by atoms with E-state index in [0.29, 0.717) is 6.04 Å². The van der Waals surface area contributed by atoms with Crippen LogP contribution < -0.4 is 10.6 Å². The van der Waals surface area contributed by atoms with Gasteiger partial charge in [-0.1, -0.05) is 25.1 Å². The number of hydrogen-bond donors (Lipinski definition) is 4. The molecule has 1 heterocycles. The van der Waals surface area contributed by atoms with Gasteiger partial charge in [0, 0.05) is 36.2 Å². The fraction of sp³-hybridized carbons (Fsp3) is 0.571. The third kappa shape index (κ3) is 5.85. The second-order valence-electron chi connectivity index (χ2n) is 7.17. The molecular weight excluding hydrogens is 451 g/mol. The first-order chi connectivity index (χ1) is 12.7. The minimum atomic E-state index is -0.123. The molecule has 0 amide bonds. The van der Waals surface area contributed by atoms with Gasteiger partial charge in [0.25, 0.3) is 0 Å². The number of H-pyrrole nitrogens is 1.